The molecule has 2 unspecified atom stereocenters. The van der Waals surface area contributed by atoms with Crippen LogP contribution in [0.3, 0.4) is 0 Å². The first-order chi connectivity index (χ1) is 7.10. The lowest BCUT2D eigenvalue weighted by Gasteiger charge is -2.34. The van der Waals surface area contributed by atoms with Crippen LogP contribution in [0.15, 0.2) is 0 Å². The fourth-order valence-corrected chi connectivity index (χ4v) is 2.24. The van der Waals surface area contributed by atoms with Gasteiger partial charge < -0.3 is 10.8 Å². The summed E-state index contributed by atoms with van der Waals surface area (Å²) in [6.07, 6.45) is 2.49. The number of nitrogens with two attached hydrogens (primary N) is 1. The van der Waals surface area contributed by atoms with Gasteiger partial charge in [-0.05, 0) is 31.2 Å². The van der Waals surface area contributed by atoms with Gasteiger partial charge in [-0.15, -0.1) is 0 Å². The predicted molar refractivity (Wildman–Crippen MR) is 63.7 cm³/mol. The first-order valence-electron chi connectivity index (χ1n) is 6.20. The third-order valence-electron chi connectivity index (χ3n) is 3.27. The Morgan fingerprint density at radius 3 is 2.33 bits per heavy atom. The number of aliphatic hydroxyl groups excluding tert-OH is 1. The fraction of sp³-hybridized carbons (Fsp3) is 1.00. The molecule has 3 N–H and O–H groups in total. The van der Waals surface area contributed by atoms with Crippen LogP contribution in [0.5, 0.6) is 0 Å². The lowest BCUT2D eigenvalue weighted by atomic mass is 10.0. The normalized spacial score (nSPS) is 21.0. The van der Waals surface area contributed by atoms with Crippen molar-refractivity contribution in [3.63, 3.8) is 0 Å². The van der Waals surface area contributed by atoms with E-state index in [2.05, 4.69) is 25.7 Å². The molecule has 2 atom stereocenters. The summed E-state index contributed by atoms with van der Waals surface area (Å²) in [7, 11) is 0. The summed E-state index contributed by atoms with van der Waals surface area (Å²) in [6.45, 7) is 8.76. The van der Waals surface area contributed by atoms with E-state index in [1.54, 1.807) is 0 Å². The summed E-state index contributed by atoms with van der Waals surface area (Å²) in [4.78, 5) is 2.33. The molecule has 0 amide bonds. The zero-order chi connectivity index (χ0) is 11.4. The molecular formula is C12H26N2O. The van der Waals surface area contributed by atoms with Crippen LogP contribution >= 0.6 is 0 Å². The highest BCUT2D eigenvalue weighted by Crippen LogP contribution is 2.34. The molecule has 90 valence electrons. The number of likely N-dealkylation sites (N-methyl/N-ethyl adjacent to an activating group) is 1. The van der Waals surface area contributed by atoms with E-state index in [-0.39, 0.29) is 18.7 Å². The quantitative estimate of drug-likeness (QED) is 0.666. The van der Waals surface area contributed by atoms with Crippen molar-refractivity contribution in [1.82, 2.24) is 4.90 Å². The maximum absolute atomic E-state index is 9.47. The van der Waals surface area contributed by atoms with E-state index in [4.69, 9.17) is 5.73 Å². The van der Waals surface area contributed by atoms with Crippen LogP contribution in [0.4, 0.5) is 0 Å². The van der Waals surface area contributed by atoms with Crippen LogP contribution in [-0.2, 0) is 0 Å². The summed E-state index contributed by atoms with van der Waals surface area (Å²) in [5.41, 5.74) is 6.18. The number of hydrogen-bond acceptors (Lipinski definition) is 3. The Balaban J connectivity index is 2.51. The molecule has 0 bridgehead atoms. The van der Waals surface area contributed by atoms with E-state index >= 15 is 0 Å². The summed E-state index contributed by atoms with van der Waals surface area (Å²) in [6, 6.07) is 0.318. The van der Waals surface area contributed by atoms with E-state index in [9.17, 15) is 5.11 Å². The van der Waals surface area contributed by atoms with Crippen LogP contribution in [0.2, 0.25) is 0 Å². The number of nitrogens with zero attached hydrogens (tertiary/aromatic N) is 1. The highest BCUT2D eigenvalue weighted by Gasteiger charge is 2.35. The molecule has 0 radical (unpaired) electrons. The Morgan fingerprint density at radius 1 is 1.40 bits per heavy atom. The van der Waals surface area contributed by atoms with Gasteiger partial charge in [-0.25, -0.2) is 0 Å². The largest absolute Gasteiger partial charge is 0.395 e. The SMILES string of the molecule is CCN(CC(C)C)C(CO)C(N)C1CC1. The molecule has 1 aliphatic carbocycles. The van der Waals surface area contributed by atoms with Crippen molar-refractivity contribution in [2.45, 2.75) is 45.7 Å². The molecule has 0 aliphatic heterocycles. The van der Waals surface area contributed by atoms with Crippen molar-refractivity contribution in [3.8, 4) is 0 Å². The zero-order valence-corrected chi connectivity index (χ0v) is 10.3. The third-order valence-corrected chi connectivity index (χ3v) is 3.27. The molecule has 1 fully saturated rings. The van der Waals surface area contributed by atoms with Gasteiger partial charge in [-0.2, -0.15) is 0 Å². The minimum absolute atomic E-state index is 0.157. The number of hydrogen-bond donors (Lipinski definition) is 2. The molecule has 1 saturated carbocycles. The third kappa shape index (κ3) is 3.74. The Morgan fingerprint density at radius 2 is 2.00 bits per heavy atom. The predicted octanol–water partition coefficient (Wildman–Crippen LogP) is 1.06. The smallest absolute Gasteiger partial charge is 0.0602 e. The number of rotatable bonds is 7. The molecule has 1 aliphatic rings. The summed E-state index contributed by atoms with van der Waals surface area (Å²) in [5, 5.41) is 9.47. The Hall–Kier alpha value is -0.120. The van der Waals surface area contributed by atoms with Crippen molar-refractivity contribution < 1.29 is 5.11 Å². The Bertz CT molecular complexity index is 180. The minimum atomic E-state index is 0.157. The van der Waals surface area contributed by atoms with Crippen molar-refractivity contribution in [3.05, 3.63) is 0 Å². The summed E-state index contributed by atoms with van der Waals surface area (Å²) < 4.78 is 0. The van der Waals surface area contributed by atoms with Crippen molar-refractivity contribution in [2.75, 3.05) is 19.7 Å². The molecular weight excluding hydrogens is 188 g/mol. The maximum Gasteiger partial charge on any atom is 0.0602 e. The van der Waals surface area contributed by atoms with Gasteiger partial charge in [0.15, 0.2) is 0 Å². The van der Waals surface area contributed by atoms with Crippen molar-refractivity contribution in [1.29, 1.82) is 0 Å². The average Bonchev–Trinajstić information content (AvgIpc) is 2.99. The van der Waals surface area contributed by atoms with E-state index in [0.29, 0.717) is 11.8 Å². The van der Waals surface area contributed by atoms with E-state index in [1.807, 2.05) is 0 Å². The van der Waals surface area contributed by atoms with Gasteiger partial charge in [0, 0.05) is 18.6 Å². The lowest BCUT2D eigenvalue weighted by molar-refractivity contribution is 0.0926. The van der Waals surface area contributed by atoms with Crippen LogP contribution < -0.4 is 5.73 Å². The van der Waals surface area contributed by atoms with Crippen LogP contribution in [-0.4, -0.2) is 41.8 Å². The van der Waals surface area contributed by atoms with E-state index in [1.165, 1.54) is 12.8 Å². The molecule has 0 aromatic carbocycles. The van der Waals surface area contributed by atoms with E-state index < -0.39 is 0 Å². The maximum atomic E-state index is 9.47. The monoisotopic (exact) mass is 214 g/mol. The van der Waals surface area contributed by atoms with Gasteiger partial charge >= 0.3 is 0 Å². The molecule has 1 rings (SSSR count). The Kier molecular flexibility index (Phi) is 5.03. The van der Waals surface area contributed by atoms with E-state index in [0.717, 1.165) is 13.1 Å². The second kappa shape index (κ2) is 5.83. The summed E-state index contributed by atoms with van der Waals surface area (Å²) >= 11 is 0. The number of aliphatic hydroxyl groups is 1. The molecule has 15 heavy (non-hydrogen) atoms. The topological polar surface area (TPSA) is 49.5 Å². The zero-order valence-electron chi connectivity index (χ0n) is 10.3. The molecule has 0 heterocycles. The van der Waals surface area contributed by atoms with Crippen molar-refractivity contribution in [2.24, 2.45) is 17.6 Å². The molecule has 0 aromatic heterocycles. The minimum Gasteiger partial charge on any atom is -0.395 e. The van der Waals surface area contributed by atoms with Gasteiger partial charge in [0.1, 0.15) is 0 Å². The average molecular weight is 214 g/mol. The first-order valence-corrected chi connectivity index (χ1v) is 6.20. The Labute approximate surface area is 93.6 Å². The first kappa shape index (κ1) is 12.9. The van der Waals surface area contributed by atoms with Gasteiger partial charge in [0.25, 0.3) is 0 Å². The second-order valence-electron chi connectivity index (χ2n) is 5.15. The van der Waals surface area contributed by atoms with Gasteiger partial charge in [0.2, 0.25) is 0 Å². The fourth-order valence-electron chi connectivity index (χ4n) is 2.24. The van der Waals surface area contributed by atoms with Gasteiger partial charge in [-0.3, -0.25) is 4.90 Å². The lowest BCUT2D eigenvalue weighted by Crippen LogP contribution is -2.52. The van der Waals surface area contributed by atoms with Gasteiger partial charge in [0.05, 0.1) is 6.61 Å². The molecule has 0 spiro atoms. The van der Waals surface area contributed by atoms with Crippen LogP contribution in [0, 0.1) is 11.8 Å². The highest BCUT2D eigenvalue weighted by molar-refractivity contribution is 4.93. The molecule has 3 heteroatoms. The van der Waals surface area contributed by atoms with Crippen molar-refractivity contribution >= 4 is 0 Å². The molecule has 0 saturated heterocycles. The van der Waals surface area contributed by atoms with Crippen LogP contribution in [0.1, 0.15) is 33.6 Å². The standard InChI is InChI=1S/C12H26N2O/c1-4-14(7-9(2)3)11(8-15)12(13)10-5-6-10/h9-12,15H,4-8,13H2,1-3H3. The highest BCUT2D eigenvalue weighted by atomic mass is 16.3. The molecule has 3 nitrogen and oxygen atoms in total. The molecule has 0 aromatic rings. The van der Waals surface area contributed by atoms with Gasteiger partial charge in [-0.1, -0.05) is 20.8 Å². The van der Waals surface area contributed by atoms with Crippen LogP contribution in [0.25, 0.3) is 0 Å². The second-order valence-corrected chi connectivity index (χ2v) is 5.15. The summed E-state index contributed by atoms with van der Waals surface area (Å²) in [5.74, 6) is 1.29.